The van der Waals surface area contributed by atoms with E-state index in [1.807, 2.05) is 23.9 Å². The number of carboxylic acids is 1. The lowest BCUT2D eigenvalue weighted by molar-refractivity contribution is 0.0693. The topological polar surface area (TPSA) is 55.8 Å². The molecule has 1 aromatic carbocycles. The number of ether oxygens (including phenoxy) is 2. The first kappa shape index (κ1) is 14.2. The number of benzene rings is 1. The number of carboxylic acid groups (broad SMARTS) is 1. The van der Waals surface area contributed by atoms with Crippen LogP contribution >= 0.6 is 11.8 Å². The predicted octanol–water partition coefficient (Wildman–Crippen LogP) is 2.81. The van der Waals surface area contributed by atoms with Crippen molar-refractivity contribution in [1.82, 2.24) is 0 Å². The minimum absolute atomic E-state index is 0.210. The van der Waals surface area contributed by atoms with Crippen LogP contribution in [0.15, 0.2) is 18.2 Å². The molecule has 1 aliphatic heterocycles. The number of carbonyl (C=O) groups is 1. The third-order valence-electron chi connectivity index (χ3n) is 3.15. The van der Waals surface area contributed by atoms with Gasteiger partial charge in [-0.05, 0) is 30.5 Å². The summed E-state index contributed by atoms with van der Waals surface area (Å²) in [6, 6.07) is 5.29. The summed E-state index contributed by atoms with van der Waals surface area (Å²) in [6.45, 7) is 1.69. The molecule has 0 atom stereocenters. The van der Waals surface area contributed by atoms with E-state index < -0.39 is 5.97 Å². The van der Waals surface area contributed by atoms with E-state index in [2.05, 4.69) is 0 Å². The Balaban J connectivity index is 1.98. The first-order valence-corrected chi connectivity index (χ1v) is 7.35. The van der Waals surface area contributed by atoms with E-state index in [1.54, 1.807) is 6.07 Å². The summed E-state index contributed by atoms with van der Waals surface area (Å²) >= 11 is 1.90. The Kier molecular flexibility index (Phi) is 5.10. The van der Waals surface area contributed by atoms with Crippen molar-refractivity contribution in [3.05, 3.63) is 29.3 Å². The zero-order chi connectivity index (χ0) is 13.7. The molecule has 4 nitrogen and oxygen atoms in total. The molecule has 1 saturated heterocycles. The van der Waals surface area contributed by atoms with Crippen molar-refractivity contribution < 1.29 is 19.4 Å². The molecule has 1 heterocycles. The van der Waals surface area contributed by atoms with Crippen LogP contribution in [0.3, 0.4) is 0 Å². The number of aromatic carboxylic acids is 1. The maximum atomic E-state index is 11.0. The molecule has 0 radical (unpaired) electrons. The Labute approximate surface area is 117 Å². The molecule has 19 heavy (non-hydrogen) atoms. The van der Waals surface area contributed by atoms with Gasteiger partial charge in [0.15, 0.2) is 0 Å². The zero-order valence-corrected chi connectivity index (χ0v) is 11.7. The predicted molar refractivity (Wildman–Crippen MR) is 75.1 cm³/mol. The Hall–Kier alpha value is -1.20. The van der Waals surface area contributed by atoms with Crippen molar-refractivity contribution >= 4 is 17.7 Å². The molecule has 104 valence electrons. The van der Waals surface area contributed by atoms with Crippen molar-refractivity contribution in [3.63, 3.8) is 0 Å². The molecule has 0 aromatic heterocycles. The number of thioether (sulfide) groups is 1. The highest BCUT2D eigenvalue weighted by Crippen LogP contribution is 2.28. The van der Waals surface area contributed by atoms with Gasteiger partial charge in [-0.25, -0.2) is 4.79 Å². The third-order valence-corrected chi connectivity index (χ3v) is 4.59. The Morgan fingerprint density at radius 2 is 2.21 bits per heavy atom. The molecule has 0 amide bonds. The minimum atomic E-state index is -0.958. The fourth-order valence-corrected chi connectivity index (χ4v) is 3.19. The van der Waals surface area contributed by atoms with Gasteiger partial charge >= 0.3 is 5.97 Å². The molecule has 1 aliphatic rings. The van der Waals surface area contributed by atoms with Crippen molar-refractivity contribution in [2.75, 3.05) is 20.3 Å². The van der Waals surface area contributed by atoms with Gasteiger partial charge in [-0.15, -0.1) is 0 Å². The Morgan fingerprint density at radius 3 is 2.84 bits per heavy atom. The highest BCUT2D eigenvalue weighted by molar-refractivity contribution is 7.99. The summed E-state index contributed by atoms with van der Waals surface area (Å²) in [6.07, 6.45) is 2.18. The standard InChI is InChI=1S/C14H18O4S/c1-17-13-8-10(2-3-12(13)14(15)16)9-19-11-4-6-18-7-5-11/h2-3,8,11H,4-7,9H2,1H3,(H,15,16). The largest absolute Gasteiger partial charge is 0.496 e. The summed E-state index contributed by atoms with van der Waals surface area (Å²) in [5, 5.41) is 9.66. The molecule has 1 N–H and O–H groups in total. The molecule has 2 rings (SSSR count). The van der Waals surface area contributed by atoms with Gasteiger partial charge in [0.25, 0.3) is 0 Å². The van der Waals surface area contributed by atoms with E-state index in [-0.39, 0.29) is 5.56 Å². The first-order chi connectivity index (χ1) is 9.20. The van der Waals surface area contributed by atoms with Crippen molar-refractivity contribution in [3.8, 4) is 5.75 Å². The lowest BCUT2D eigenvalue weighted by Gasteiger charge is -2.21. The van der Waals surface area contributed by atoms with E-state index in [9.17, 15) is 4.79 Å². The van der Waals surface area contributed by atoms with E-state index in [4.69, 9.17) is 14.6 Å². The van der Waals surface area contributed by atoms with E-state index in [1.165, 1.54) is 7.11 Å². The number of hydrogen-bond acceptors (Lipinski definition) is 4. The van der Waals surface area contributed by atoms with Gasteiger partial charge in [-0.3, -0.25) is 0 Å². The molecule has 0 saturated carbocycles. The Bertz CT molecular complexity index is 441. The molecule has 1 fully saturated rings. The molecular weight excluding hydrogens is 264 g/mol. The molecular formula is C14H18O4S. The van der Waals surface area contributed by atoms with Crippen molar-refractivity contribution in [1.29, 1.82) is 0 Å². The highest BCUT2D eigenvalue weighted by Gasteiger charge is 2.15. The van der Waals surface area contributed by atoms with Gasteiger partial charge in [-0.2, -0.15) is 11.8 Å². The first-order valence-electron chi connectivity index (χ1n) is 6.30. The maximum absolute atomic E-state index is 11.0. The van der Waals surface area contributed by atoms with E-state index in [0.717, 1.165) is 37.4 Å². The maximum Gasteiger partial charge on any atom is 0.339 e. The normalized spacial score (nSPS) is 16.3. The quantitative estimate of drug-likeness (QED) is 0.900. The van der Waals surface area contributed by atoms with Crippen LogP contribution in [0.1, 0.15) is 28.8 Å². The number of methoxy groups -OCH3 is 1. The van der Waals surface area contributed by atoms with Crippen LogP contribution in [0.4, 0.5) is 0 Å². The molecule has 1 aromatic rings. The van der Waals surface area contributed by atoms with Gasteiger partial charge in [0.05, 0.1) is 7.11 Å². The monoisotopic (exact) mass is 282 g/mol. The van der Waals surface area contributed by atoms with Crippen LogP contribution in [0, 0.1) is 0 Å². The molecule has 0 spiro atoms. The van der Waals surface area contributed by atoms with Gasteiger partial charge in [0, 0.05) is 24.2 Å². The summed E-state index contributed by atoms with van der Waals surface area (Å²) in [5.74, 6) is 0.346. The number of rotatable bonds is 5. The molecule has 0 unspecified atom stereocenters. The van der Waals surface area contributed by atoms with Crippen molar-refractivity contribution in [2.24, 2.45) is 0 Å². The fourth-order valence-electron chi connectivity index (χ4n) is 2.06. The summed E-state index contributed by atoms with van der Waals surface area (Å²) in [5.41, 5.74) is 1.31. The minimum Gasteiger partial charge on any atom is -0.496 e. The van der Waals surface area contributed by atoms with Gasteiger partial charge in [-0.1, -0.05) is 6.07 Å². The number of hydrogen-bond donors (Lipinski definition) is 1. The lowest BCUT2D eigenvalue weighted by Crippen LogP contribution is -2.17. The van der Waals surface area contributed by atoms with Gasteiger partial charge < -0.3 is 14.6 Å². The van der Waals surface area contributed by atoms with Crippen LogP contribution < -0.4 is 4.74 Å². The van der Waals surface area contributed by atoms with E-state index in [0.29, 0.717) is 11.0 Å². The molecule has 5 heteroatoms. The second-order valence-corrected chi connectivity index (χ2v) is 5.75. The lowest BCUT2D eigenvalue weighted by atomic mass is 10.1. The zero-order valence-electron chi connectivity index (χ0n) is 10.9. The van der Waals surface area contributed by atoms with Crippen LogP contribution in [0.2, 0.25) is 0 Å². The summed E-state index contributed by atoms with van der Waals surface area (Å²) in [4.78, 5) is 11.0. The summed E-state index contributed by atoms with van der Waals surface area (Å²) in [7, 11) is 1.50. The van der Waals surface area contributed by atoms with Crippen LogP contribution in [0.25, 0.3) is 0 Å². The van der Waals surface area contributed by atoms with Crippen LogP contribution in [0.5, 0.6) is 5.75 Å². The van der Waals surface area contributed by atoms with Crippen LogP contribution in [-0.2, 0) is 10.5 Å². The van der Waals surface area contributed by atoms with Crippen LogP contribution in [-0.4, -0.2) is 36.6 Å². The average molecular weight is 282 g/mol. The van der Waals surface area contributed by atoms with Gasteiger partial charge in [0.2, 0.25) is 0 Å². The second-order valence-electron chi connectivity index (χ2n) is 4.46. The average Bonchev–Trinajstić information content (AvgIpc) is 2.45. The summed E-state index contributed by atoms with van der Waals surface area (Å²) < 4.78 is 10.5. The second kappa shape index (κ2) is 6.82. The van der Waals surface area contributed by atoms with Crippen molar-refractivity contribution in [2.45, 2.75) is 23.8 Å². The molecule has 0 bridgehead atoms. The third kappa shape index (κ3) is 3.88. The van der Waals surface area contributed by atoms with E-state index >= 15 is 0 Å². The fraction of sp³-hybridized carbons (Fsp3) is 0.500. The SMILES string of the molecule is COc1cc(CSC2CCOCC2)ccc1C(=O)O. The Morgan fingerprint density at radius 1 is 1.47 bits per heavy atom. The van der Waals surface area contributed by atoms with Gasteiger partial charge in [0.1, 0.15) is 11.3 Å². The smallest absolute Gasteiger partial charge is 0.339 e. The molecule has 0 aliphatic carbocycles. The highest BCUT2D eigenvalue weighted by atomic mass is 32.2.